The first-order valence-corrected chi connectivity index (χ1v) is 6.56. The molecule has 1 aromatic heterocycles. The molecule has 2 rings (SSSR count). The van der Waals surface area contributed by atoms with Gasteiger partial charge in [0, 0.05) is 12.1 Å². The zero-order valence-corrected chi connectivity index (χ0v) is 12.2. The summed E-state index contributed by atoms with van der Waals surface area (Å²) in [7, 11) is 1.75. The van der Waals surface area contributed by atoms with Gasteiger partial charge in [0.05, 0.1) is 6.04 Å². The van der Waals surface area contributed by atoms with E-state index < -0.39 is 11.9 Å². The molecular formula is C14H13ClF3N3. The highest BCUT2D eigenvalue weighted by atomic mass is 35.5. The second-order valence-corrected chi connectivity index (χ2v) is 5.05. The lowest BCUT2D eigenvalue weighted by Crippen LogP contribution is -2.23. The maximum atomic E-state index is 12.5. The summed E-state index contributed by atoms with van der Waals surface area (Å²) in [6.45, 7) is 1.92. The lowest BCUT2D eigenvalue weighted by Gasteiger charge is -2.26. The molecule has 3 nitrogen and oxygen atoms in total. The van der Waals surface area contributed by atoms with Crippen LogP contribution in [-0.2, 0) is 6.18 Å². The van der Waals surface area contributed by atoms with Gasteiger partial charge in [0.15, 0.2) is 11.5 Å². The molecule has 0 saturated carbocycles. The summed E-state index contributed by atoms with van der Waals surface area (Å²) in [5, 5.41) is 7.49. The lowest BCUT2D eigenvalue weighted by molar-refractivity contribution is -0.141. The summed E-state index contributed by atoms with van der Waals surface area (Å²) in [5.41, 5.74) is -0.0256. The molecule has 0 aliphatic heterocycles. The van der Waals surface area contributed by atoms with E-state index in [2.05, 4.69) is 10.2 Å². The van der Waals surface area contributed by atoms with Gasteiger partial charge in [0.1, 0.15) is 0 Å². The van der Waals surface area contributed by atoms with Crippen LogP contribution in [0.25, 0.3) is 0 Å². The number of aromatic nitrogens is 2. The number of halogens is 4. The van der Waals surface area contributed by atoms with Crippen LogP contribution in [0.5, 0.6) is 0 Å². The largest absolute Gasteiger partial charge is 0.435 e. The van der Waals surface area contributed by atoms with Crippen LogP contribution in [-0.4, -0.2) is 17.2 Å². The minimum Gasteiger partial charge on any atom is -0.351 e. The highest BCUT2D eigenvalue weighted by molar-refractivity contribution is 6.30. The Kier molecular flexibility index (Phi) is 4.37. The number of hydrogen-bond acceptors (Lipinski definition) is 3. The molecule has 0 bridgehead atoms. The van der Waals surface area contributed by atoms with Crippen LogP contribution in [0.15, 0.2) is 36.4 Å². The Labute approximate surface area is 125 Å². The smallest absolute Gasteiger partial charge is 0.351 e. The fourth-order valence-corrected chi connectivity index (χ4v) is 1.95. The molecule has 0 amide bonds. The second kappa shape index (κ2) is 5.89. The van der Waals surface area contributed by atoms with E-state index in [1.807, 2.05) is 19.1 Å². The molecule has 112 valence electrons. The van der Waals surface area contributed by atoms with Gasteiger partial charge in [0.25, 0.3) is 0 Å². The van der Waals surface area contributed by atoms with E-state index in [0.29, 0.717) is 10.8 Å². The van der Waals surface area contributed by atoms with Crippen molar-refractivity contribution in [2.24, 2.45) is 0 Å². The molecule has 21 heavy (non-hydrogen) atoms. The van der Waals surface area contributed by atoms with E-state index in [9.17, 15) is 13.2 Å². The van der Waals surface area contributed by atoms with Gasteiger partial charge < -0.3 is 4.90 Å². The molecule has 1 unspecified atom stereocenters. The Morgan fingerprint density at radius 2 is 1.67 bits per heavy atom. The second-order valence-electron chi connectivity index (χ2n) is 4.61. The van der Waals surface area contributed by atoms with Gasteiger partial charge in [-0.15, -0.1) is 10.2 Å². The first-order chi connectivity index (χ1) is 9.79. The quantitative estimate of drug-likeness (QED) is 0.843. The number of nitrogens with zero attached hydrogens (tertiary/aromatic N) is 3. The number of rotatable bonds is 3. The lowest BCUT2D eigenvalue weighted by atomic mass is 10.1. The first kappa shape index (κ1) is 15.6. The van der Waals surface area contributed by atoms with Gasteiger partial charge in [-0.05, 0) is 36.8 Å². The zero-order valence-electron chi connectivity index (χ0n) is 11.4. The van der Waals surface area contributed by atoms with Crippen molar-refractivity contribution in [3.8, 4) is 0 Å². The van der Waals surface area contributed by atoms with Crippen LogP contribution in [0.3, 0.4) is 0 Å². The SMILES string of the molecule is CC(c1ccc(Cl)cc1)N(C)c1ccc(C(F)(F)F)nn1. The van der Waals surface area contributed by atoms with Crippen molar-refractivity contribution in [3.05, 3.63) is 52.7 Å². The van der Waals surface area contributed by atoms with Gasteiger partial charge in [-0.25, -0.2) is 0 Å². The summed E-state index contributed by atoms with van der Waals surface area (Å²) in [6.07, 6.45) is -4.48. The normalized spacial score (nSPS) is 13.0. The molecule has 0 spiro atoms. The molecule has 2 aromatic rings. The van der Waals surface area contributed by atoms with Crippen molar-refractivity contribution in [1.29, 1.82) is 0 Å². The fourth-order valence-electron chi connectivity index (χ4n) is 1.83. The van der Waals surface area contributed by atoms with Gasteiger partial charge >= 0.3 is 6.18 Å². The Hall–Kier alpha value is -1.82. The van der Waals surface area contributed by atoms with Crippen molar-refractivity contribution in [1.82, 2.24) is 10.2 Å². The van der Waals surface area contributed by atoms with Crippen molar-refractivity contribution in [2.75, 3.05) is 11.9 Å². The van der Waals surface area contributed by atoms with Crippen LogP contribution in [0.4, 0.5) is 19.0 Å². The van der Waals surface area contributed by atoms with Crippen LogP contribution in [0, 0.1) is 0 Å². The molecule has 7 heteroatoms. The fraction of sp³-hybridized carbons (Fsp3) is 0.286. The van der Waals surface area contributed by atoms with Crippen molar-refractivity contribution in [3.63, 3.8) is 0 Å². The van der Waals surface area contributed by atoms with Crippen LogP contribution < -0.4 is 4.90 Å². The standard InChI is InChI=1S/C14H13ClF3N3/c1-9(10-3-5-11(15)6-4-10)21(2)13-8-7-12(19-20-13)14(16,17)18/h3-9H,1-2H3. The van der Waals surface area contributed by atoms with Crippen LogP contribution in [0.2, 0.25) is 5.02 Å². The molecule has 0 aliphatic rings. The van der Waals surface area contributed by atoms with Gasteiger partial charge in [-0.2, -0.15) is 13.2 Å². The third-order valence-electron chi connectivity index (χ3n) is 3.24. The Morgan fingerprint density at radius 3 is 2.14 bits per heavy atom. The van der Waals surface area contributed by atoms with Crippen molar-refractivity contribution < 1.29 is 13.2 Å². The molecule has 0 saturated heterocycles. The van der Waals surface area contributed by atoms with E-state index in [4.69, 9.17) is 11.6 Å². The molecule has 1 aromatic carbocycles. The summed E-state index contributed by atoms with van der Waals surface area (Å²) < 4.78 is 37.4. The van der Waals surface area contributed by atoms with Gasteiger partial charge in [-0.3, -0.25) is 0 Å². The number of anilines is 1. The average molecular weight is 316 g/mol. The number of hydrogen-bond donors (Lipinski definition) is 0. The monoisotopic (exact) mass is 315 g/mol. The molecule has 0 N–H and O–H groups in total. The van der Waals surface area contributed by atoms with E-state index in [0.717, 1.165) is 11.6 Å². The number of alkyl halides is 3. The zero-order chi connectivity index (χ0) is 15.6. The van der Waals surface area contributed by atoms with E-state index in [-0.39, 0.29) is 6.04 Å². The molecular weight excluding hydrogens is 303 g/mol. The highest BCUT2D eigenvalue weighted by Crippen LogP contribution is 2.29. The maximum Gasteiger partial charge on any atom is 0.435 e. The predicted molar refractivity (Wildman–Crippen MR) is 75.3 cm³/mol. The molecule has 0 fully saturated rings. The first-order valence-electron chi connectivity index (χ1n) is 6.18. The average Bonchev–Trinajstić information content (AvgIpc) is 2.46. The van der Waals surface area contributed by atoms with Gasteiger partial charge in [0.2, 0.25) is 0 Å². The van der Waals surface area contributed by atoms with E-state index in [1.54, 1.807) is 24.1 Å². The number of benzene rings is 1. The minimum atomic E-state index is -4.48. The molecule has 1 atom stereocenters. The van der Waals surface area contributed by atoms with E-state index >= 15 is 0 Å². The van der Waals surface area contributed by atoms with Crippen molar-refractivity contribution in [2.45, 2.75) is 19.1 Å². The van der Waals surface area contributed by atoms with Crippen LogP contribution in [0.1, 0.15) is 24.2 Å². The Bertz CT molecular complexity index is 596. The summed E-state index contributed by atoms with van der Waals surface area (Å²) in [6, 6.07) is 9.41. The van der Waals surface area contributed by atoms with E-state index in [1.165, 1.54) is 6.07 Å². The third kappa shape index (κ3) is 3.64. The topological polar surface area (TPSA) is 29.0 Å². The van der Waals surface area contributed by atoms with Crippen LogP contribution >= 0.6 is 11.6 Å². The summed E-state index contributed by atoms with van der Waals surface area (Å²) >= 11 is 5.83. The predicted octanol–water partition coefficient (Wildman–Crippen LogP) is 4.35. The third-order valence-corrected chi connectivity index (χ3v) is 3.49. The summed E-state index contributed by atoms with van der Waals surface area (Å²) in [5.74, 6) is 0.366. The summed E-state index contributed by atoms with van der Waals surface area (Å²) in [4.78, 5) is 1.75. The molecule has 0 aliphatic carbocycles. The Morgan fingerprint density at radius 1 is 1.05 bits per heavy atom. The maximum absolute atomic E-state index is 12.5. The highest BCUT2D eigenvalue weighted by Gasteiger charge is 2.33. The Balaban J connectivity index is 2.19. The molecule has 0 radical (unpaired) electrons. The minimum absolute atomic E-state index is 0.0756. The molecule has 1 heterocycles. The van der Waals surface area contributed by atoms with Crippen molar-refractivity contribution >= 4 is 17.4 Å². The van der Waals surface area contributed by atoms with Gasteiger partial charge in [-0.1, -0.05) is 23.7 Å².